The highest BCUT2D eigenvalue weighted by molar-refractivity contribution is 5.93. The molecule has 2 N–H and O–H groups in total. The fraction of sp³-hybridized carbons (Fsp3) is 0.727. The number of nitrogens with one attached hydrogen (secondary N) is 2. The van der Waals surface area contributed by atoms with E-state index in [4.69, 9.17) is 4.74 Å². The third kappa shape index (κ3) is 4.01. The minimum atomic E-state index is 0.0583. The van der Waals surface area contributed by atoms with Gasteiger partial charge < -0.3 is 15.4 Å². The Morgan fingerprint density at radius 3 is 2.80 bits per heavy atom. The average Bonchev–Trinajstić information content (AvgIpc) is 2.14. The zero-order valence-corrected chi connectivity index (χ0v) is 9.56. The molecule has 0 bridgehead atoms. The van der Waals surface area contributed by atoms with Crippen molar-refractivity contribution < 1.29 is 9.53 Å². The van der Waals surface area contributed by atoms with Gasteiger partial charge in [-0.25, -0.2) is 0 Å². The number of ether oxygens (including phenoxy) is 1. The summed E-state index contributed by atoms with van der Waals surface area (Å²) in [5.74, 6) is 0.0583. The quantitative estimate of drug-likeness (QED) is 0.496. The van der Waals surface area contributed by atoms with Crippen LogP contribution >= 0.6 is 0 Å². The van der Waals surface area contributed by atoms with Gasteiger partial charge in [0, 0.05) is 38.4 Å². The first-order chi connectivity index (χ1) is 7.25. The first kappa shape index (κ1) is 12.2. The van der Waals surface area contributed by atoms with Gasteiger partial charge in [-0.3, -0.25) is 4.79 Å². The second-order valence-electron chi connectivity index (χ2n) is 3.64. The van der Waals surface area contributed by atoms with Crippen LogP contribution in [0.15, 0.2) is 11.1 Å². The Hall–Kier alpha value is -0.870. The lowest BCUT2D eigenvalue weighted by Crippen LogP contribution is -2.37. The maximum absolute atomic E-state index is 11.6. The summed E-state index contributed by atoms with van der Waals surface area (Å²) < 4.78 is 5.18. The van der Waals surface area contributed by atoms with Crippen molar-refractivity contribution in [2.24, 2.45) is 0 Å². The van der Waals surface area contributed by atoms with Crippen LogP contribution < -0.4 is 10.6 Å². The smallest absolute Gasteiger partial charge is 0.246 e. The van der Waals surface area contributed by atoms with Gasteiger partial charge in [0.15, 0.2) is 0 Å². The van der Waals surface area contributed by atoms with Crippen molar-refractivity contribution in [3.8, 4) is 0 Å². The maximum atomic E-state index is 11.6. The normalized spacial score (nSPS) is 14.7. The van der Waals surface area contributed by atoms with E-state index in [1.54, 1.807) is 0 Å². The molecule has 1 aliphatic rings. The Balaban J connectivity index is 2.13. The number of carbonyl (C=O) groups excluding carboxylic acids is 1. The number of rotatable bonds is 6. The first-order valence-corrected chi connectivity index (χ1v) is 5.51. The largest absolute Gasteiger partial charge is 0.382 e. The minimum Gasteiger partial charge on any atom is -0.382 e. The van der Waals surface area contributed by atoms with E-state index in [9.17, 15) is 4.79 Å². The maximum Gasteiger partial charge on any atom is 0.246 e. The highest BCUT2D eigenvalue weighted by Crippen LogP contribution is 2.08. The molecule has 1 amide bonds. The number of amides is 1. The summed E-state index contributed by atoms with van der Waals surface area (Å²) in [6, 6.07) is 0. The lowest BCUT2D eigenvalue weighted by atomic mass is 10.0. The minimum absolute atomic E-state index is 0.0583. The molecule has 1 aliphatic heterocycles. The van der Waals surface area contributed by atoms with Crippen LogP contribution in [0.5, 0.6) is 0 Å². The third-order valence-corrected chi connectivity index (χ3v) is 2.50. The standard InChI is InChI=1S/C11H20N2O2/c1-3-15-6-4-5-13-11(14)9(2)10-7-12-8-10/h12H,3-8H2,1-2H3,(H,13,14). The summed E-state index contributed by atoms with van der Waals surface area (Å²) in [4.78, 5) is 11.6. The van der Waals surface area contributed by atoms with Crippen LogP contribution in [-0.4, -0.2) is 38.8 Å². The highest BCUT2D eigenvalue weighted by Gasteiger charge is 2.15. The van der Waals surface area contributed by atoms with Gasteiger partial charge >= 0.3 is 0 Å². The molecule has 0 saturated carbocycles. The highest BCUT2D eigenvalue weighted by atomic mass is 16.5. The van der Waals surface area contributed by atoms with E-state index < -0.39 is 0 Å². The molecule has 0 unspecified atom stereocenters. The van der Waals surface area contributed by atoms with Gasteiger partial charge in [0.05, 0.1) is 0 Å². The lowest BCUT2D eigenvalue weighted by Gasteiger charge is -2.21. The molecule has 1 heterocycles. The van der Waals surface area contributed by atoms with Crippen LogP contribution in [0, 0.1) is 0 Å². The number of hydrogen-bond donors (Lipinski definition) is 2. The van der Waals surface area contributed by atoms with Crippen LogP contribution in [0.1, 0.15) is 20.3 Å². The predicted molar refractivity (Wildman–Crippen MR) is 59.7 cm³/mol. The fourth-order valence-corrected chi connectivity index (χ4v) is 1.33. The molecule has 0 aromatic heterocycles. The molecule has 0 spiro atoms. The van der Waals surface area contributed by atoms with Crippen molar-refractivity contribution in [1.82, 2.24) is 10.6 Å². The predicted octanol–water partition coefficient (Wildman–Crippen LogP) is 0.449. The third-order valence-electron chi connectivity index (χ3n) is 2.50. The zero-order chi connectivity index (χ0) is 11.1. The van der Waals surface area contributed by atoms with E-state index in [1.807, 2.05) is 13.8 Å². The second-order valence-corrected chi connectivity index (χ2v) is 3.64. The molecule has 1 saturated heterocycles. The van der Waals surface area contributed by atoms with Crippen molar-refractivity contribution in [3.05, 3.63) is 11.1 Å². The van der Waals surface area contributed by atoms with Crippen LogP contribution in [-0.2, 0) is 9.53 Å². The molecule has 1 rings (SSSR count). The molecular formula is C11H20N2O2. The van der Waals surface area contributed by atoms with Crippen molar-refractivity contribution in [2.45, 2.75) is 20.3 Å². The first-order valence-electron chi connectivity index (χ1n) is 5.51. The van der Waals surface area contributed by atoms with Crippen LogP contribution in [0.2, 0.25) is 0 Å². The molecule has 0 atom stereocenters. The van der Waals surface area contributed by atoms with Crippen LogP contribution in [0.4, 0.5) is 0 Å². The number of hydrogen-bond acceptors (Lipinski definition) is 3. The molecule has 1 fully saturated rings. The molecule has 15 heavy (non-hydrogen) atoms. The summed E-state index contributed by atoms with van der Waals surface area (Å²) >= 11 is 0. The summed E-state index contributed by atoms with van der Waals surface area (Å²) in [6.07, 6.45) is 0.875. The molecule has 4 heteroatoms. The van der Waals surface area contributed by atoms with Gasteiger partial charge in [-0.15, -0.1) is 0 Å². The Kier molecular flexibility index (Phi) is 5.36. The van der Waals surface area contributed by atoms with Crippen molar-refractivity contribution >= 4 is 5.91 Å². The molecular weight excluding hydrogens is 192 g/mol. The Labute approximate surface area is 91.1 Å². The van der Waals surface area contributed by atoms with Gasteiger partial charge in [0.25, 0.3) is 0 Å². The number of carbonyl (C=O) groups is 1. The molecule has 0 aromatic rings. The molecule has 0 radical (unpaired) electrons. The van der Waals surface area contributed by atoms with E-state index in [0.29, 0.717) is 13.2 Å². The summed E-state index contributed by atoms with van der Waals surface area (Å²) in [5.41, 5.74) is 2.09. The van der Waals surface area contributed by atoms with Gasteiger partial charge in [-0.05, 0) is 25.8 Å². The van der Waals surface area contributed by atoms with E-state index in [1.165, 1.54) is 5.57 Å². The van der Waals surface area contributed by atoms with Gasteiger partial charge in [-0.2, -0.15) is 0 Å². The van der Waals surface area contributed by atoms with Crippen molar-refractivity contribution in [1.29, 1.82) is 0 Å². The van der Waals surface area contributed by atoms with Gasteiger partial charge in [0.1, 0.15) is 0 Å². The van der Waals surface area contributed by atoms with E-state index in [-0.39, 0.29) is 5.91 Å². The Morgan fingerprint density at radius 2 is 2.27 bits per heavy atom. The topological polar surface area (TPSA) is 50.4 Å². The monoisotopic (exact) mass is 212 g/mol. The average molecular weight is 212 g/mol. The van der Waals surface area contributed by atoms with Crippen molar-refractivity contribution in [3.63, 3.8) is 0 Å². The molecule has 0 aromatic carbocycles. The second kappa shape index (κ2) is 6.58. The summed E-state index contributed by atoms with van der Waals surface area (Å²) in [7, 11) is 0. The molecule has 86 valence electrons. The Bertz CT molecular complexity index is 243. The molecule has 0 aliphatic carbocycles. The SMILES string of the molecule is CCOCCCNC(=O)C(C)=C1CNC1. The molecule has 4 nitrogen and oxygen atoms in total. The Morgan fingerprint density at radius 1 is 1.53 bits per heavy atom. The lowest BCUT2D eigenvalue weighted by molar-refractivity contribution is -0.117. The van der Waals surface area contributed by atoms with Crippen LogP contribution in [0.25, 0.3) is 0 Å². The van der Waals surface area contributed by atoms with Gasteiger partial charge in [-0.1, -0.05) is 0 Å². The van der Waals surface area contributed by atoms with E-state index in [0.717, 1.165) is 31.7 Å². The van der Waals surface area contributed by atoms with Crippen LogP contribution in [0.3, 0.4) is 0 Å². The van der Waals surface area contributed by atoms with E-state index in [2.05, 4.69) is 10.6 Å². The van der Waals surface area contributed by atoms with Crippen molar-refractivity contribution in [2.75, 3.05) is 32.8 Å². The summed E-state index contributed by atoms with van der Waals surface area (Å²) in [5, 5.41) is 6.01. The fourth-order valence-electron chi connectivity index (χ4n) is 1.33. The van der Waals surface area contributed by atoms with E-state index >= 15 is 0 Å². The zero-order valence-electron chi connectivity index (χ0n) is 9.56. The van der Waals surface area contributed by atoms with Gasteiger partial charge in [0.2, 0.25) is 5.91 Å². The summed E-state index contributed by atoms with van der Waals surface area (Å²) in [6.45, 7) is 7.72.